The zero-order valence-corrected chi connectivity index (χ0v) is 10.4. The van der Waals surface area contributed by atoms with Crippen molar-refractivity contribution in [1.82, 2.24) is 10.6 Å². The Kier molecular flexibility index (Phi) is 4.40. The van der Waals surface area contributed by atoms with Crippen molar-refractivity contribution in [2.45, 2.75) is 24.9 Å². The molecule has 0 bridgehead atoms. The van der Waals surface area contributed by atoms with Crippen LogP contribution < -0.4 is 10.6 Å². The number of rotatable bonds is 3. The SMILES string of the molecule is O=C(CCl)N[C@H]1CCC(c2ccccc2)NC1. The molecule has 1 aliphatic rings. The molecule has 17 heavy (non-hydrogen) atoms. The highest BCUT2D eigenvalue weighted by molar-refractivity contribution is 6.27. The summed E-state index contributed by atoms with van der Waals surface area (Å²) < 4.78 is 0. The van der Waals surface area contributed by atoms with Gasteiger partial charge in [-0.2, -0.15) is 0 Å². The standard InChI is InChI=1S/C13H17ClN2O/c14-8-13(17)16-11-6-7-12(15-9-11)10-4-2-1-3-5-10/h1-5,11-12,15H,6-9H2,(H,16,17)/t11-,12?/m0/s1. The van der Waals surface area contributed by atoms with Crippen molar-refractivity contribution in [1.29, 1.82) is 0 Å². The number of carbonyl (C=O) groups excluding carboxylic acids is 1. The van der Waals surface area contributed by atoms with Crippen molar-refractivity contribution in [3.8, 4) is 0 Å². The summed E-state index contributed by atoms with van der Waals surface area (Å²) in [5.41, 5.74) is 1.31. The predicted molar refractivity (Wildman–Crippen MR) is 69.1 cm³/mol. The molecule has 1 aromatic rings. The summed E-state index contributed by atoms with van der Waals surface area (Å²) in [5.74, 6) is -0.0462. The molecule has 1 saturated heterocycles. The topological polar surface area (TPSA) is 41.1 Å². The summed E-state index contributed by atoms with van der Waals surface area (Å²) in [4.78, 5) is 11.2. The Morgan fingerprint density at radius 1 is 1.35 bits per heavy atom. The Bertz CT molecular complexity index is 361. The summed E-state index contributed by atoms with van der Waals surface area (Å²) >= 11 is 5.46. The predicted octanol–water partition coefficient (Wildman–Crippen LogP) is 1.83. The van der Waals surface area contributed by atoms with Crippen LogP contribution in [0.1, 0.15) is 24.4 Å². The molecular weight excluding hydrogens is 236 g/mol. The van der Waals surface area contributed by atoms with Gasteiger partial charge in [-0.15, -0.1) is 11.6 Å². The van der Waals surface area contributed by atoms with Crippen LogP contribution in [0.5, 0.6) is 0 Å². The molecule has 0 aromatic heterocycles. The monoisotopic (exact) mass is 252 g/mol. The number of halogens is 1. The first-order chi connectivity index (χ1) is 8.29. The van der Waals surface area contributed by atoms with Crippen molar-refractivity contribution >= 4 is 17.5 Å². The largest absolute Gasteiger partial charge is 0.351 e. The van der Waals surface area contributed by atoms with Gasteiger partial charge in [-0.3, -0.25) is 4.79 Å². The van der Waals surface area contributed by atoms with E-state index in [-0.39, 0.29) is 17.8 Å². The van der Waals surface area contributed by atoms with Crippen LogP contribution in [0.2, 0.25) is 0 Å². The van der Waals surface area contributed by atoms with Gasteiger partial charge in [-0.1, -0.05) is 30.3 Å². The second-order valence-corrected chi connectivity index (χ2v) is 4.61. The number of hydrogen-bond donors (Lipinski definition) is 2. The highest BCUT2D eigenvalue weighted by Gasteiger charge is 2.22. The van der Waals surface area contributed by atoms with Gasteiger partial charge in [0.1, 0.15) is 5.88 Å². The smallest absolute Gasteiger partial charge is 0.235 e. The Morgan fingerprint density at radius 2 is 2.12 bits per heavy atom. The Morgan fingerprint density at radius 3 is 2.71 bits per heavy atom. The third kappa shape index (κ3) is 3.45. The van der Waals surface area contributed by atoms with Crippen LogP contribution in [0.25, 0.3) is 0 Å². The van der Waals surface area contributed by atoms with E-state index in [0.29, 0.717) is 6.04 Å². The van der Waals surface area contributed by atoms with E-state index in [9.17, 15) is 4.79 Å². The maximum Gasteiger partial charge on any atom is 0.235 e. The third-order valence-corrected chi connectivity index (χ3v) is 3.35. The van der Waals surface area contributed by atoms with Gasteiger partial charge in [0.2, 0.25) is 5.91 Å². The normalized spacial score (nSPS) is 24.3. The number of carbonyl (C=O) groups is 1. The van der Waals surface area contributed by atoms with Gasteiger partial charge in [0.05, 0.1) is 0 Å². The van der Waals surface area contributed by atoms with E-state index in [1.165, 1.54) is 5.56 Å². The molecule has 1 unspecified atom stereocenters. The van der Waals surface area contributed by atoms with Crippen LogP contribution in [-0.2, 0) is 4.79 Å². The molecule has 0 radical (unpaired) electrons. The van der Waals surface area contributed by atoms with Gasteiger partial charge in [-0.05, 0) is 18.4 Å². The maximum atomic E-state index is 11.2. The molecule has 92 valence electrons. The minimum Gasteiger partial charge on any atom is -0.351 e. The maximum absolute atomic E-state index is 11.2. The third-order valence-electron chi connectivity index (χ3n) is 3.10. The number of piperidine rings is 1. The highest BCUT2D eigenvalue weighted by atomic mass is 35.5. The molecule has 0 saturated carbocycles. The highest BCUT2D eigenvalue weighted by Crippen LogP contribution is 2.22. The van der Waals surface area contributed by atoms with Crippen LogP contribution in [0.4, 0.5) is 0 Å². The molecular formula is C13H17ClN2O. The number of amides is 1. The van der Waals surface area contributed by atoms with E-state index < -0.39 is 0 Å². The summed E-state index contributed by atoms with van der Waals surface area (Å²) in [6.45, 7) is 0.808. The van der Waals surface area contributed by atoms with Crippen LogP contribution in [0, 0.1) is 0 Å². The van der Waals surface area contributed by atoms with Crippen LogP contribution >= 0.6 is 11.6 Å². The van der Waals surface area contributed by atoms with E-state index in [1.54, 1.807) is 0 Å². The summed E-state index contributed by atoms with van der Waals surface area (Å²) in [5, 5.41) is 6.36. The van der Waals surface area contributed by atoms with Gasteiger partial charge in [0, 0.05) is 18.6 Å². The average molecular weight is 253 g/mol. The van der Waals surface area contributed by atoms with Crippen molar-refractivity contribution in [3.63, 3.8) is 0 Å². The second-order valence-electron chi connectivity index (χ2n) is 4.35. The number of hydrogen-bond acceptors (Lipinski definition) is 2. The molecule has 2 rings (SSSR count). The lowest BCUT2D eigenvalue weighted by Gasteiger charge is -2.30. The van der Waals surface area contributed by atoms with Crippen molar-refractivity contribution < 1.29 is 4.79 Å². The lowest BCUT2D eigenvalue weighted by molar-refractivity contribution is -0.119. The summed E-state index contributed by atoms with van der Waals surface area (Å²) in [6.07, 6.45) is 2.03. The Balaban J connectivity index is 1.84. The van der Waals surface area contributed by atoms with Crippen LogP contribution in [0.3, 0.4) is 0 Å². The lowest BCUT2D eigenvalue weighted by atomic mass is 9.95. The quantitative estimate of drug-likeness (QED) is 0.806. The molecule has 2 atom stereocenters. The Labute approximate surface area is 107 Å². The molecule has 3 nitrogen and oxygen atoms in total. The fraction of sp³-hybridized carbons (Fsp3) is 0.462. The van der Waals surface area contributed by atoms with E-state index in [2.05, 4.69) is 34.9 Å². The molecule has 1 fully saturated rings. The fourth-order valence-electron chi connectivity index (χ4n) is 2.22. The minimum atomic E-state index is -0.0865. The van der Waals surface area contributed by atoms with E-state index in [1.807, 2.05) is 6.07 Å². The first-order valence-electron chi connectivity index (χ1n) is 5.93. The number of alkyl halides is 1. The average Bonchev–Trinajstić information content (AvgIpc) is 2.40. The van der Waals surface area contributed by atoms with Crippen LogP contribution in [0.15, 0.2) is 30.3 Å². The zero-order chi connectivity index (χ0) is 12.1. The van der Waals surface area contributed by atoms with Crippen molar-refractivity contribution in [2.75, 3.05) is 12.4 Å². The van der Waals surface area contributed by atoms with Crippen LogP contribution in [-0.4, -0.2) is 24.4 Å². The molecule has 0 aliphatic carbocycles. The second kappa shape index (κ2) is 6.03. The number of nitrogens with one attached hydrogen (secondary N) is 2. The van der Waals surface area contributed by atoms with Gasteiger partial charge in [0.25, 0.3) is 0 Å². The molecule has 1 heterocycles. The van der Waals surface area contributed by atoms with Gasteiger partial charge < -0.3 is 10.6 Å². The van der Waals surface area contributed by atoms with E-state index >= 15 is 0 Å². The first kappa shape index (κ1) is 12.4. The number of benzene rings is 1. The molecule has 1 amide bonds. The van der Waals surface area contributed by atoms with E-state index in [0.717, 1.165) is 19.4 Å². The molecule has 2 N–H and O–H groups in total. The first-order valence-corrected chi connectivity index (χ1v) is 6.46. The fourth-order valence-corrected chi connectivity index (χ4v) is 2.29. The Hall–Kier alpha value is -1.06. The van der Waals surface area contributed by atoms with Gasteiger partial charge in [0.15, 0.2) is 0 Å². The lowest BCUT2D eigenvalue weighted by Crippen LogP contribution is -2.47. The molecule has 4 heteroatoms. The van der Waals surface area contributed by atoms with Crippen molar-refractivity contribution in [3.05, 3.63) is 35.9 Å². The summed E-state index contributed by atoms with van der Waals surface area (Å²) in [7, 11) is 0. The molecule has 1 aromatic carbocycles. The van der Waals surface area contributed by atoms with Gasteiger partial charge >= 0.3 is 0 Å². The minimum absolute atomic E-state index is 0.0403. The van der Waals surface area contributed by atoms with E-state index in [4.69, 9.17) is 11.6 Å². The van der Waals surface area contributed by atoms with Gasteiger partial charge in [-0.25, -0.2) is 0 Å². The zero-order valence-electron chi connectivity index (χ0n) is 9.66. The summed E-state index contributed by atoms with van der Waals surface area (Å²) in [6, 6.07) is 11.0. The molecule has 1 aliphatic heterocycles. The van der Waals surface area contributed by atoms with Crippen molar-refractivity contribution in [2.24, 2.45) is 0 Å². The molecule has 0 spiro atoms.